The first-order valence-corrected chi connectivity index (χ1v) is 8.81. The molecule has 1 aromatic carbocycles. The van der Waals surface area contributed by atoms with Crippen molar-refractivity contribution in [3.8, 4) is 0 Å². The maximum atomic E-state index is 12.8. The summed E-state index contributed by atoms with van der Waals surface area (Å²) in [5.74, 6) is -3.18. The smallest absolute Gasteiger partial charge is 0.305 e. The lowest BCUT2D eigenvalue weighted by Gasteiger charge is -2.13. The van der Waals surface area contributed by atoms with Crippen molar-refractivity contribution < 1.29 is 24.3 Å². The van der Waals surface area contributed by atoms with E-state index in [-0.39, 0.29) is 39.8 Å². The van der Waals surface area contributed by atoms with E-state index in [1.807, 2.05) is 0 Å². The van der Waals surface area contributed by atoms with Crippen molar-refractivity contribution in [1.82, 2.24) is 9.88 Å². The fourth-order valence-electron chi connectivity index (χ4n) is 2.79. The molecule has 3 amide bonds. The van der Waals surface area contributed by atoms with Gasteiger partial charge in [0.25, 0.3) is 17.7 Å². The molecule has 2 aromatic rings. The molecule has 0 spiro atoms. The second-order valence-corrected chi connectivity index (χ2v) is 6.77. The van der Waals surface area contributed by atoms with E-state index in [1.165, 1.54) is 31.2 Å². The summed E-state index contributed by atoms with van der Waals surface area (Å²) in [7, 11) is 0. The molecule has 144 valence electrons. The second kappa shape index (κ2) is 7.57. The summed E-state index contributed by atoms with van der Waals surface area (Å²) in [5, 5.41) is 11.7. The van der Waals surface area contributed by atoms with Crippen LogP contribution in [0.4, 0.5) is 5.69 Å². The molecule has 0 saturated heterocycles. The Morgan fingerprint density at radius 3 is 2.32 bits per heavy atom. The highest BCUT2D eigenvalue weighted by Crippen LogP contribution is 2.35. The number of hydrogen-bond donors (Lipinski definition) is 2. The number of nitrogens with zero attached hydrogens (tertiary/aromatic N) is 2. The third-order valence-corrected chi connectivity index (χ3v) is 4.67. The number of carboxylic acid groups (broad SMARTS) is 1. The van der Waals surface area contributed by atoms with Gasteiger partial charge >= 0.3 is 5.97 Å². The molecule has 0 bridgehead atoms. The Morgan fingerprint density at radius 1 is 1.11 bits per heavy atom. The van der Waals surface area contributed by atoms with Crippen molar-refractivity contribution in [2.24, 2.45) is 0 Å². The molecule has 10 heteroatoms. The minimum absolute atomic E-state index is 0.0514. The lowest BCUT2D eigenvalue weighted by molar-refractivity contribution is -0.137. The number of hydrogen-bond acceptors (Lipinski definition) is 5. The number of imide groups is 1. The predicted octanol–water partition coefficient (Wildman–Crippen LogP) is 3.02. The van der Waals surface area contributed by atoms with Crippen LogP contribution in [0.2, 0.25) is 10.2 Å². The molecule has 0 unspecified atom stereocenters. The van der Waals surface area contributed by atoms with Crippen LogP contribution in [0.25, 0.3) is 0 Å². The monoisotopic (exact) mass is 421 g/mol. The van der Waals surface area contributed by atoms with Gasteiger partial charge in [-0.2, -0.15) is 0 Å². The number of carboxylic acids is 1. The quantitative estimate of drug-likeness (QED) is 0.565. The summed E-state index contributed by atoms with van der Waals surface area (Å²) in [6.07, 6.45) is -0.415. The molecule has 0 saturated carbocycles. The first-order valence-electron chi connectivity index (χ1n) is 8.05. The van der Waals surface area contributed by atoms with E-state index in [4.69, 9.17) is 28.3 Å². The number of halogens is 2. The fraction of sp³-hybridized carbons (Fsp3) is 0.167. The van der Waals surface area contributed by atoms with Crippen LogP contribution in [0.1, 0.15) is 43.2 Å². The molecule has 0 radical (unpaired) electrons. The van der Waals surface area contributed by atoms with E-state index >= 15 is 0 Å². The maximum Gasteiger partial charge on any atom is 0.305 e. The molecule has 2 heterocycles. The Hall–Kier alpha value is -2.97. The summed E-state index contributed by atoms with van der Waals surface area (Å²) in [6, 6.07) is 6.08. The number of carbonyl (C=O) groups excluding carboxylic acids is 3. The average Bonchev–Trinajstić information content (AvgIpc) is 2.88. The van der Waals surface area contributed by atoms with E-state index < -0.39 is 30.1 Å². The van der Waals surface area contributed by atoms with Gasteiger partial charge in [-0.15, -0.1) is 0 Å². The van der Waals surface area contributed by atoms with Crippen molar-refractivity contribution >= 4 is 52.6 Å². The predicted molar refractivity (Wildman–Crippen MR) is 101 cm³/mol. The van der Waals surface area contributed by atoms with Crippen molar-refractivity contribution in [1.29, 1.82) is 0 Å². The van der Waals surface area contributed by atoms with E-state index in [0.29, 0.717) is 5.02 Å². The zero-order chi connectivity index (χ0) is 20.6. The van der Waals surface area contributed by atoms with Gasteiger partial charge in [-0.05, 0) is 31.2 Å². The van der Waals surface area contributed by atoms with Crippen LogP contribution in [0.5, 0.6) is 0 Å². The Labute approximate surface area is 169 Å². The van der Waals surface area contributed by atoms with E-state index in [9.17, 15) is 19.2 Å². The molecular weight excluding hydrogens is 409 g/mol. The number of fused-ring (bicyclic) bond motifs is 1. The number of aryl methyl sites for hydroxylation is 1. The van der Waals surface area contributed by atoms with Crippen LogP contribution in [0.3, 0.4) is 0 Å². The molecule has 0 fully saturated rings. The van der Waals surface area contributed by atoms with E-state index in [2.05, 4.69) is 10.3 Å². The van der Waals surface area contributed by atoms with Gasteiger partial charge in [-0.3, -0.25) is 24.1 Å². The second-order valence-electron chi connectivity index (χ2n) is 5.98. The van der Waals surface area contributed by atoms with Crippen LogP contribution in [-0.4, -0.2) is 45.2 Å². The summed E-state index contributed by atoms with van der Waals surface area (Å²) in [5.41, 5.74) is 0.319. The van der Waals surface area contributed by atoms with Gasteiger partial charge in [-0.1, -0.05) is 23.2 Å². The van der Waals surface area contributed by atoms with Gasteiger partial charge in [0.05, 0.1) is 28.9 Å². The number of nitrogens with one attached hydrogen (secondary N) is 1. The van der Waals surface area contributed by atoms with Gasteiger partial charge in [0.2, 0.25) is 0 Å². The number of rotatable bonds is 5. The largest absolute Gasteiger partial charge is 0.481 e. The number of aliphatic carboxylic acids is 1. The van der Waals surface area contributed by atoms with Crippen molar-refractivity contribution in [3.05, 3.63) is 56.8 Å². The molecule has 3 rings (SSSR count). The lowest BCUT2D eigenvalue weighted by Crippen LogP contribution is -2.32. The van der Waals surface area contributed by atoms with Crippen LogP contribution >= 0.6 is 23.2 Å². The van der Waals surface area contributed by atoms with Crippen molar-refractivity contribution in [2.75, 3.05) is 11.9 Å². The molecule has 1 aromatic heterocycles. The Balaban J connectivity index is 2.00. The first-order chi connectivity index (χ1) is 13.2. The number of amides is 3. The Bertz CT molecular complexity index is 1020. The molecule has 1 aliphatic heterocycles. The highest BCUT2D eigenvalue weighted by molar-refractivity contribution is 6.37. The normalized spacial score (nSPS) is 12.9. The van der Waals surface area contributed by atoms with Crippen molar-refractivity contribution in [3.63, 3.8) is 0 Å². The number of benzene rings is 1. The number of anilines is 1. The van der Waals surface area contributed by atoms with Gasteiger partial charge in [0.15, 0.2) is 0 Å². The van der Waals surface area contributed by atoms with E-state index in [1.54, 1.807) is 0 Å². The van der Waals surface area contributed by atoms with Gasteiger partial charge in [0, 0.05) is 17.1 Å². The molecule has 0 aliphatic carbocycles. The van der Waals surface area contributed by atoms with Crippen LogP contribution < -0.4 is 5.32 Å². The van der Waals surface area contributed by atoms with Gasteiger partial charge in [0.1, 0.15) is 5.15 Å². The first kappa shape index (κ1) is 19.8. The highest BCUT2D eigenvalue weighted by atomic mass is 35.5. The summed E-state index contributed by atoms with van der Waals surface area (Å²) in [4.78, 5) is 53.5. The summed E-state index contributed by atoms with van der Waals surface area (Å²) >= 11 is 11.9. The highest BCUT2D eigenvalue weighted by Gasteiger charge is 2.41. The molecule has 0 atom stereocenters. The topological polar surface area (TPSA) is 117 Å². The Kier molecular flexibility index (Phi) is 5.35. The average molecular weight is 422 g/mol. The standard InChI is InChI=1S/C18H13Cl2N3O5/c1-8-14(22-16(26)9-2-4-10(19)5-3-9)12-13(15(20)21-8)18(28)23(17(12)27)7-6-11(24)25/h2-5H,6-7H2,1H3,(H,22,26)(H,24,25). The summed E-state index contributed by atoms with van der Waals surface area (Å²) in [6.45, 7) is 1.21. The zero-order valence-electron chi connectivity index (χ0n) is 14.5. The Morgan fingerprint density at radius 2 is 1.71 bits per heavy atom. The minimum atomic E-state index is -1.16. The lowest BCUT2D eigenvalue weighted by atomic mass is 10.1. The number of aromatic nitrogens is 1. The van der Waals surface area contributed by atoms with E-state index in [0.717, 1.165) is 4.90 Å². The fourth-order valence-corrected chi connectivity index (χ4v) is 3.22. The molecule has 28 heavy (non-hydrogen) atoms. The zero-order valence-corrected chi connectivity index (χ0v) is 16.0. The van der Waals surface area contributed by atoms with Crippen molar-refractivity contribution in [2.45, 2.75) is 13.3 Å². The number of pyridine rings is 1. The maximum absolute atomic E-state index is 12.8. The minimum Gasteiger partial charge on any atom is -0.481 e. The molecule has 1 aliphatic rings. The summed E-state index contributed by atoms with van der Waals surface area (Å²) < 4.78 is 0. The molecule has 8 nitrogen and oxygen atoms in total. The third kappa shape index (κ3) is 3.56. The van der Waals surface area contributed by atoms with Gasteiger partial charge in [-0.25, -0.2) is 4.98 Å². The SMILES string of the molecule is Cc1nc(Cl)c2c(c1NC(=O)c1ccc(Cl)cc1)C(=O)N(CCC(=O)O)C2=O. The molecule has 2 N–H and O–H groups in total. The van der Waals surface area contributed by atoms with Crippen LogP contribution in [-0.2, 0) is 4.79 Å². The third-order valence-electron chi connectivity index (χ3n) is 4.15. The van der Waals surface area contributed by atoms with Gasteiger partial charge < -0.3 is 10.4 Å². The van der Waals surface area contributed by atoms with Crippen LogP contribution in [0.15, 0.2) is 24.3 Å². The van der Waals surface area contributed by atoms with Crippen LogP contribution in [0, 0.1) is 6.92 Å². The molecular formula is C18H13Cl2N3O5. The number of carbonyl (C=O) groups is 4.